The Bertz CT molecular complexity index is 1850. The molecule has 0 bridgehead atoms. The summed E-state index contributed by atoms with van der Waals surface area (Å²) in [5.74, 6) is -5.41. The van der Waals surface area contributed by atoms with Gasteiger partial charge in [0.15, 0.2) is 0 Å². The maximum absolute atomic E-state index is 14.6. The Morgan fingerprint density at radius 2 is 1.68 bits per heavy atom. The predicted octanol–water partition coefficient (Wildman–Crippen LogP) is 3.96. The number of nitrogens with zero attached hydrogens (tertiary/aromatic N) is 3. The van der Waals surface area contributed by atoms with Crippen LogP contribution in [-0.4, -0.2) is 108 Å². The van der Waals surface area contributed by atoms with Crippen LogP contribution >= 0.6 is 0 Å². The van der Waals surface area contributed by atoms with E-state index in [9.17, 15) is 45.6 Å². The smallest absolute Gasteiger partial charge is 0.410 e. The standard InChI is InChI=1S/C39H50F3N5O8S/c40-39(41,42)28-15-18-45(19-16-28)33(48)20-26-9-4-2-1-3-5-11-29-22-38(29,36(51)44-56(53,54)31-12-13-31)43-34(49)32-21-30(24-47(32)35(26)50)55-37(52)46-17-14-25-8-6-7-10-27(25)23-46/h5-8,10-11,26,28-32H,1-4,9,12-24H2,(H,43,49)(H,44,51)/t26-,29?,30-,32+,38-/m1/s1. The number of carbonyl (C=O) groups is 5. The van der Waals surface area contributed by atoms with Crippen molar-refractivity contribution in [2.75, 3.05) is 26.2 Å². The first-order chi connectivity index (χ1) is 26.6. The molecule has 2 saturated carbocycles. The summed E-state index contributed by atoms with van der Waals surface area (Å²) in [6.45, 7) is 0.426. The molecular formula is C39H50F3N5O8S. The molecule has 0 aromatic heterocycles. The topological polar surface area (TPSA) is 162 Å². The molecule has 56 heavy (non-hydrogen) atoms. The molecule has 2 N–H and O–H groups in total. The Balaban J connectivity index is 1.11. The summed E-state index contributed by atoms with van der Waals surface area (Å²) < 4.78 is 73.8. The molecule has 1 aromatic rings. The summed E-state index contributed by atoms with van der Waals surface area (Å²) >= 11 is 0. The molecule has 5 atom stereocenters. The van der Waals surface area contributed by atoms with Gasteiger partial charge in [-0.3, -0.25) is 23.9 Å². The second kappa shape index (κ2) is 16.0. The van der Waals surface area contributed by atoms with E-state index in [1.54, 1.807) is 4.90 Å². The van der Waals surface area contributed by atoms with Gasteiger partial charge in [0.05, 0.1) is 17.7 Å². The number of piperidine rings is 1. The largest absolute Gasteiger partial charge is 0.444 e. The first-order valence-corrected chi connectivity index (χ1v) is 21.4. The maximum Gasteiger partial charge on any atom is 0.410 e. The Morgan fingerprint density at radius 1 is 0.946 bits per heavy atom. The van der Waals surface area contributed by atoms with Crippen LogP contribution in [0, 0.1) is 17.8 Å². The third-order valence-corrected chi connectivity index (χ3v) is 14.2. The summed E-state index contributed by atoms with van der Waals surface area (Å²) in [7, 11) is -3.94. The van der Waals surface area contributed by atoms with Crippen LogP contribution < -0.4 is 10.0 Å². The van der Waals surface area contributed by atoms with Crippen molar-refractivity contribution in [2.24, 2.45) is 17.8 Å². The number of fused-ring (bicyclic) bond motifs is 3. The molecule has 4 fully saturated rings. The zero-order chi connectivity index (χ0) is 39.8. The number of hydrogen-bond donors (Lipinski definition) is 2. The van der Waals surface area contributed by atoms with Crippen LogP contribution in [-0.2, 0) is 46.9 Å². The number of sulfonamides is 1. The number of likely N-dealkylation sites (tertiary alicyclic amines) is 1. The number of ether oxygens (including phenoxy) is 1. The van der Waals surface area contributed by atoms with Crippen molar-refractivity contribution in [1.82, 2.24) is 24.7 Å². The van der Waals surface area contributed by atoms with E-state index in [0.717, 1.165) is 17.5 Å². The average Bonchev–Trinajstić information content (AvgIpc) is 4.10. The summed E-state index contributed by atoms with van der Waals surface area (Å²) in [6, 6.07) is 6.55. The van der Waals surface area contributed by atoms with Crippen molar-refractivity contribution in [3.63, 3.8) is 0 Å². The van der Waals surface area contributed by atoms with Crippen molar-refractivity contribution >= 4 is 39.7 Å². The van der Waals surface area contributed by atoms with Crippen molar-refractivity contribution in [3.05, 3.63) is 47.5 Å². The van der Waals surface area contributed by atoms with Gasteiger partial charge in [0, 0.05) is 50.9 Å². The van der Waals surface area contributed by atoms with E-state index >= 15 is 0 Å². The second-order valence-corrected chi connectivity index (χ2v) is 18.3. The minimum absolute atomic E-state index is 0.0776. The number of rotatable bonds is 6. The van der Waals surface area contributed by atoms with E-state index in [4.69, 9.17) is 4.74 Å². The van der Waals surface area contributed by atoms with Crippen molar-refractivity contribution < 1.29 is 50.3 Å². The first-order valence-electron chi connectivity index (χ1n) is 19.9. The number of carbonyl (C=O) groups excluding carboxylic acids is 5. The number of hydrogen-bond acceptors (Lipinski definition) is 8. The highest BCUT2D eigenvalue weighted by molar-refractivity contribution is 7.91. The van der Waals surface area contributed by atoms with Gasteiger partial charge >= 0.3 is 12.3 Å². The van der Waals surface area contributed by atoms with Crippen molar-refractivity contribution in [3.8, 4) is 0 Å². The molecule has 2 saturated heterocycles. The lowest BCUT2D eigenvalue weighted by Gasteiger charge is -2.34. The molecular weight excluding hydrogens is 756 g/mol. The van der Waals surface area contributed by atoms with E-state index < -0.39 is 86.6 Å². The molecule has 17 heteroatoms. The number of nitrogens with one attached hydrogen (secondary N) is 2. The van der Waals surface area contributed by atoms with E-state index in [1.165, 1.54) is 9.80 Å². The van der Waals surface area contributed by atoms with Gasteiger partial charge in [0.1, 0.15) is 17.7 Å². The molecule has 0 radical (unpaired) electrons. The van der Waals surface area contributed by atoms with Crippen LogP contribution in [0.1, 0.15) is 88.2 Å². The fourth-order valence-corrected chi connectivity index (χ4v) is 10.0. The molecule has 4 aliphatic heterocycles. The van der Waals surface area contributed by atoms with E-state index in [0.29, 0.717) is 58.0 Å². The van der Waals surface area contributed by atoms with Gasteiger partial charge in [-0.25, -0.2) is 13.2 Å². The van der Waals surface area contributed by atoms with Gasteiger partial charge in [0.2, 0.25) is 27.7 Å². The molecule has 7 rings (SSSR count). The van der Waals surface area contributed by atoms with E-state index in [1.807, 2.05) is 36.4 Å². The third kappa shape index (κ3) is 8.86. The average molecular weight is 806 g/mol. The molecule has 4 heterocycles. The van der Waals surface area contributed by atoms with Crippen LogP contribution in [0.25, 0.3) is 0 Å². The molecule has 1 unspecified atom stereocenters. The number of amides is 5. The molecule has 2 aliphatic carbocycles. The second-order valence-electron chi connectivity index (χ2n) is 16.3. The lowest BCUT2D eigenvalue weighted by Crippen LogP contribution is -2.57. The molecule has 13 nitrogen and oxygen atoms in total. The molecule has 1 aromatic carbocycles. The Hall–Kier alpha value is -4.15. The summed E-state index contributed by atoms with van der Waals surface area (Å²) in [6.07, 6.45) is 1.64. The molecule has 6 aliphatic rings. The van der Waals surface area contributed by atoms with E-state index in [-0.39, 0.29) is 51.7 Å². The highest BCUT2D eigenvalue weighted by Gasteiger charge is 2.62. The predicted molar refractivity (Wildman–Crippen MR) is 196 cm³/mol. The van der Waals surface area contributed by atoms with Crippen LogP contribution in [0.5, 0.6) is 0 Å². The van der Waals surface area contributed by atoms with Crippen LogP contribution in [0.4, 0.5) is 18.0 Å². The SMILES string of the molecule is O=C1N[C@]2(C(=O)NS(=O)(=O)C3CC3)CC2C=CCCCCC[C@H](CC(=O)N2CCC(C(F)(F)F)CC2)C(=O)N2C[C@H](OC(=O)N3CCc4ccccc4C3)C[C@@H]12. The van der Waals surface area contributed by atoms with Gasteiger partial charge in [0.25, 0.3) is 5.91 Å². The minimum atomic E-state index is -4.35. The quantitative estimate of drug-likeness (QED) is 0.409. The van der Waals surface area contributed by atoms with Gasteiger partial charge in [-0.15, -0.1) is 0 Å². The third-order valence-electron chi connectivity index (χ3n) is 12.3. The Morgan fingerprint density at radius 3 is 2.39 bits per heavy atom. The maximum atomic E-state index is 14.6. The fourth-order valence-electron chi connectivity index (χ4n) is 8.64. The number of halogens is 3. The summed E-state index contributed by atoms with van der Waals surface area (Å²) in [4.78, 5) is 73.9. The van der Waals surface area contributed by atoms with Crippen LogP contribution in [0.2, 0.25) is 0 Å². The summed E-state index contributed by atoms with van der Waals surface area (Å²) in [5, 5.41) is 2.13. The zero-order valence-electron chi connectivity index (χ0n) is 31.3. The zero-order valence-corrected chi connectivity index (χ0v) is 32.1. The van der Waals surface area contributed by atoms with Gasteiger partial charge in [-0.05, 0) is 68.9 Å². The van der Waals surface area contributed by atoms with Gasteiger partial charge < -0.3 is 24.8 Å². The minimum Gasteiger partial charge on any atom is -0.444 e. The van der Waals surface area contributed by atoms with Gasteiger partial charge in [-0.2, -0.15) is 13.2 Å². The number of benzene rings is 1. The van der Waals surface area contributed by atoms with Gasteiger partial charge in [-0.1, -0.05) is 49.3 Å². The van der Waals surface area contributed by atoms with E-state index in [2.05, 4.69) is 10.0 Å². The van der Waals surface area contributed by atoms with Crippen LogP contribution in [0.15, 0.2) is 36.4 Å². The highest BCUT2D eigenvalue weighted by Crippen LogP contribution is 2.46. The lowest BCUT2D eigenvalue weighted by molar-refractivity contribution is -0.186. The lowest BCUT2D eigenvalue weighted by atomic mass is 9.92. The number of allylic oxidation sites excluding steroid dienone is 1. The normalized spacial score (nSPS) is 29.2. The molecule has 5 amide bonds. The molecule has 0 spiro atoms. The molecule has 306 valence electrons. The first kappa shape index (κ1) is 40.1. The monoisotopic (exact) mass is 805 g/mol. The Labute approximate surface area is 324 Å². The number of alkyl halides is 3. The van der Waals surface area contributed by atoms with Crippen molar-refractivity contribution in [2.45, 2.75) is 119 Å². The van der Waals surface area contributed by atoms with Crippen LogP contribution in [0.3, 0.4) is 0 Å². The van der Waals surface area contributed by atoms with Crippen molar-refractivity contribution in [1.29, 1.82) is 0 Å². The fraction of sp³-hybridized carbons (Fsp3) is 0.667. The summed E-state index contributed by atoms with van der Waals surface area (Å²) in [5.41, 5.74) is 0.546. The Kier molecular flexibility index (Phi) is 11.5. The highest BCUT2D eigenvalue weighted by atomic mass is 32.2.